The van der Waals surface area contributed by atoms with Crippen molar-refractivity contribution in [2.45, 2.75) is 38.4 Å². The molecule has 0 spiro atoms. The fourth-order valence-electron chi connectivity index (χ4n) is 3.39. The van der Waals surface area contributed by atoms with Crippen molar-refractivity contribution in [1.29, 1.82) is 0 Å². The van der Waals surface area contributed by atoms with Gasteiger partial charge in [-0.25, -0.2) is 4.98 Å². The lowest BCUT2D eigenvalue weighted by atomic mass is 10.1. The van der Waals surface area contributed by atoms with Gasteiger partial charge in [0.25, 0.3) is 5.91 Å². The number of β-amino-alcohol motifs (C(OH)–C–C–N with tert-alkyl or cyclic N) is 1. The van der Waals surface area contributed by atoms with Gasteiger partial charge in [0.05, 0.1) is 11.7 Å². The lowest BCUT2D eigenvalue weighted by Crippen LogP contribution is -2.37. The molecule has 0 aliphatic carbocycles. The van der Waals surface area contributed by atoms with Gasteiger partial charge in [-0.15, -0.1) is 0 Å². The predicted molar refractivity (Wildman–Crippen MR) is 87.6 cm³/mol. The Morgan fingerprint density at radius 2 is 2.13 bits per heavy atom. The summed E-state index contributed by atoms with van der Waals surface area (Å²) < 4.78 is 5.57. The van der Waals surface area contributed by atoms with Gasteiger partial charge in [-0.1, -0.05) is 0 Å². The number of piperidine rings is 1. The van der Waals surface area contributed by atoms with Crippen LogP contribution in [0.4, 0.5) is 5.82 Å². The lowest BCUT2D eigenvalue weighted by molar-refractivity contribution is -0.00189. The number of nitrogens with zero attached hydrogens (tertiary/aromatic N) is 3. The Kier molecular flexibility index (Phi) is 5.13. The predicted octanol–water partition coefficient (Wildman–Crippen LogP) is 1.29. The number of rotatable bonds is 4. The van der Waals surface area contributed by atoms with Crippen molar-refractivity contribution in [2.24, 2.45) is 0 Å². The van der Waals surface area contributed by atoms with Crippen LogP contribution < -0.4 is 4.90 Å². The zero-order valence-electron chi connectivity index (χ0n) is 13.6. The van der Waals surface area contributed by atoms with E-state index in [-0.39, 0.29) is 12.0 Å². The molecule has 2 aliphatic heterocycles. The third-order valence-corrected chi connectivity index (χ3v) is 4.58. The number of anilines is 1. The van der Waals surface area contributed by atoms with Crippen molar-refractivity contribution in [3.8, 4) is 0 Å². The van der Waals surface area contributed by atoms with E-state index in [9.17, 15) is 9.90 Å². The Balaban J connectivity index is 1.79. The first-order chi connectivity index (χ1) is 11.2. The molecule has 2 atom stereocenters. The average molecular weight is 319 g/mol. The van der Waals surface area contributed by atoms with E-state index in [0.717, 1.165) is 25.9 Å². The second-order valence-corrected chi connectivity index (χ2v) is 6.19. The fourth-order valence-corrected chi connectivity index (χ4v) is 3.39. The molecular weight excluding hydrogens is 294 g/mol. The summed E-state index contributed by atoms with van der Waals surface area (Å²) in [6.45, 7) is 5.13. The van der Waals surface area contributed by atoms with Gasteiger partial charge in [-0.3, -0.25) is 4.79 Å². The molecule has 0 bridgehead atoms. The quantitative estimate of drug-likeness (QED) is 0.906. The van der Waals surface area contributed by atoms with Gasteiger partial charge in [0.2, 0.25) is 0 Å². The normalized spacial score (nSPS) is 25.0. The van der Waals surface area contributed by atoms with Crippen LogP contribution in [0.25, 0.3) is 0 Å². The van der Waals surface area contributed by atoms with Crippen molar-refractivity contribution in [3.05, 3.63) is 23.9 Å². The van der Waals surface area contributed by atoms with E-state index in [1.165, 1.54) is 6.42 Å². The Bertz CT molecular complexity index is 546. The van der Waals surface area contributed by atoms with Crippen LogP contribution in [-0.4, -0.2) is 65.9 Å². The zero-order valence-corrected chi connectivity index (χ0v) is 13.6. The highest BCUT2D eigenvalue weighted by Gasteiger charge is 2.34. The third-order valence-electron chi connectivity index (χ3n) is 4.58. The molecule has 6 heteroatoms. The SMILES string of the molecule is CCO[C@H]1CN(c2ncccc2C(=O)N2CCCCC2)C[C@@H]1O. The summed E-state index contributed by atoms with van der Waals surface area (Å²) in [6.07, 6.45) is 4.25. The molecular formula is C17H25N3O3. The Morgan fingerprint density at radius 1 is 1.35 bits per heavy atom. The number of aliphatic hydroxyl groups excluding tert-OH is 1. The molecule has 1 N–H and O–H groups in total. The molecule has 1 aromatic rings. The molecule has 3 rings (SSSR count). The minimum absolute atomic E-state index is 0.0437. The topological polar surface area (TPSA) is 65.9 Å². The summed E-state index contributed by atoms with van der Waals surface area (Å²) in [5, 5.41) is 10.1. The number of aromatic nitrogens is 1. The molecule has 1 aromatic heterocycles. The molecule has 0 radical (unpaired) electrons. The summed E-state index contributed by atoms with van der Waals surface area (Å²) in [5.74, 6) is 0.700. The average Bonchev–Trinajstić information content (AvgIpc) is 2.96. The number of amides is 1. The number of pyridine rings is 1. The van der Waals surface area contributed by atoms with Gasteiger partial charge in [0.1, 0.15) is 11.9 Å². The first kappa shape index (κ1) is 16.2. The minimum atomic E-state index is -0.546. The molecule has 2 fully saturated rings. The third kappa shape index (κ3) is 3.48. The summed E-state index contributed by atoms with van der Waals surface area (Å²) in [7, 11) is 0. The van der Waals surface area contributed by atoms with Gasteiger partial charge in [0, 0.05) is 39.0 Å². The maximum atomic E-state index is 12.8. The first-order valence-corrected chi connectivity index (χ1v) is 8.49. The van der Waals surface area contributed by atoms with Crippen LogP contribution in [-0.2, 0) is 4.74 Å². The van der Waals surface area contributed by atoms with E-state index >= 15 is 0 Å². The Hall–Kier alpha value is -1.66. The van der Waals surface area contributed by atoms with Crippen LogP contribution in [0.2, 0.25) is 0 Å². The Morgan fingerprint density at radius 3 is 2.87 bits per heavy atom. The monoisotopic (exact) mass is 319 g/mol. The smallest absolute Gasteiger partial charge is 0.257 e. The van der Waals surface area contributed by atoms with Gasteiger partial charge in [-0.2, -0.15) is 0 Å². The van der Waals surface area contributed by atoms with Crippen molar-refractivity contribution in [3.63, 3.8) is 0 Å². The van der Waals surface area contributed by atoms with Crippen molar-refractivity contribution >= 4 is 11.7 Å². The summed E-state index contributed by atoms with van der Waals surface area (Å²) in [4.78, 5) is 21.1. The van der Waals surface area contributed by atoms with Crippen LogP contribution in [0.1, 0.15) is 36.5 Å². The molecule has 23 heavy (non-hydrogen) atoms. The van der Waals surface area contributed by atoms with Crippen LogP contribution in [0.3, 0.4) is 0 Å². The second-order valence-electron chi connectivity index (χ2n) is 6.19. The maximum absolute atomic E-state index is 12.8. The second kappa shape index (κ2) is 7.27. The number of ether oxygens (including phenoxy) is 1. The largest absolute Gasteiger partial charge is 0.388 e. The highest BCUT2D eigenvalue weighted by Crippen LogP contribution is 2.25. The van der Waals surface area contributed by atoms with Gasteiger partial charge in [0.15, 0.2) is 0 Å². The van der Waals surface area contributed by atoms with Crippen molar-refractivity contribution in [1.82, 2.24) is 9.88 Å². The van der Waals surface area contributed by atoms with Gasteiger partial charge in [-0.05, 0) is 38.3 Å². The lowest BCUT2D eigenvalue weighted by Gasteiger charge is -2.28. The van der Waals surface area contributed by atoms with Crippen LogP contribution in [0, 0.1) is 0 Å². The molecule has 3 heterocycles. The van der Waals surface area contributed by atoms with Crippen LogP contribution in [0.15, 0.2) is 18.3 Å². The highest BCUT2D eigenvalue weighted by atomic mass is 16.5. The summed E-state index contributed by atoms with van der Waals surface area (Å²) in [6, 6.07) is 3.63. The fraction of sp³-hybridized carbons (Fsp3) is 0.647. The maximum Gasteiger partial charge on any atom is 0.257 e. The number of hydrogen-bond donors (Lipinski definition) is 1. The van der Waals surface area contributed by atoms with Crippen LogP contribution >= 0.6 is 0 Å². The number of aliphatic hydroxyl groups is 1. The van der Waals surface area contributed by atoms with Gasteiger partial charge >= 0.3 is 0 Å². The molecule has 0 unspecified atom stereocenters. The number of carbonyl (C=O) groups is 1. The van der Waals surface area contributed by atoms with E-state index in [2.05, 4.69) is 4.98 Å². The van der Waals surface area contributed by atoms with Crippen molar-refractivity contribution in [2.75, 3.05) is 37.7 Å². The van der Waals surface area contributed by atoms with Gasteiger partial charge < -0.3 is 19.6 Å². The highest BCUT2D eigenvalue weighted by molar-refractivity contribution is 5.99. The number of likely N-dealkylation sites (tertiary alicyclic amines) is 1. The summed E-state index contributed by atoms with van der Waals surface area (Å²) >= 11 is 0. The first-order valence-electron chi connectivity index (χ1n) is 8.49. The summed E-state index contributed by atoms with van der Waals surface area (Å²) in [5.41, 5.74) is 0.624. The minimum Gasteiger partial charge on any atom is -0.388 e. The number of hydrogen-bond acceptors (Lipinski definition) is 5. The van der Waals surface area contributed by atoms with Crippen molar-refractivity contribution < 1.29 is 14.6 Å². The zero-order chi connectivity index (χ0) is 16.2. The molecule has 126 valence electrons. The van der Waals surface area contributed by atoms with E-state index in [0.29, 0.717) is 31.1 Å². The molecule has 2 aliphatic rings. The molecule has 6 nitrogen and oxygen atoms in total. The Labute approximate surface area is 137 Å². The molecule has 1 amide bonds. The van der Waals surface area contributed by atoms with E-state index in [1.54, 1.807) is 12.3 Å². The number of carbonyl (C=O) groups excluding carboxylic acids is 1. The van der Waals surface area contributed by atoms with E-state index < -0.39 is 6.10 Å². The van der Waals surface area contributed by atoms with E-state index in [4.69, 9.17) is 4.74 Å². The van der Waals surface area contributed by atoms with E-state index in [1.807, 2.05) is 22.8 Å². The molecule has 2 saturated heterocycles. The molecule has 0 saturated carbocycles. The van der Waals surface area contributed by atoms with Crippen LogP contribution in [0.5, 0.6) is 0 Å². The standard InChI is InChI=1S/C17H25N3O3/c1-2-23-15-12-20(11-14(15)21)16-13(7-6-8-18-16)17(22)19-9-4-3-5-10-19/h6-8,14-15,21H,2-5,9-12H2,1H3/t14-,15-/m0/s1. The molecule has 0 aromatic carbocycles.